The van der Waals surface area contributed by atoms with Gasteiger partial charge in [-0.05, 0) is 34.7 Å². The minimum Gasteiger partial charge on any atom is -0.493 e. The predicted molar refractivity (Wildman–Crippen MR) is 118 cm³/mol. The van der Waals surface area contributed by atoms with Gasteiger partial charge in [0.15, 0.2) is 11.5 Å². The molecular formula is C25H33NO4. The number of aliphatic hydroxyl groups is 1. The zero-order valence-electron chi connectivity index (χ0n) is 18.4. The van der Waals surface area contributed by atoms with Gasteiger partial charge >= 0.3 is 0 Å². The summed E-state index contributed by atoms with van der Waals surface area (Å²) in [6.45, 7) is 7.01. The van der Waals surface area contributed by atoms with Crippen molar-refractivity contribution in [3.8, 4) is 11.5 Å². The van der Waals surface area contributed by atoms with Crippen molar-refractivity contribution in [2.45, 2.75) is 45.6 Å². The Hall–Kier alpha value is -2.53. The number of nitrogens with zero attached hydrogens (tertiary/aromatic N) is 1. The van der Waals surface area contributed by atoms with E-state index in [4.69, 9.17) is 14.6 Å². The molecule has 1 aliphatic heterocycles. The van der Waals surface area contributed by atoms with Crippen LogP contribution in [0.15, 0.2) is 42.5 Å². The quantitative estimate of drug-likeness (QED) is 0.813. The molecule has 0 bridgehead atoms. The van der Waals surface area contributed by atoms with Crippen LogP contribution >= 0.6 is 0 Å². The molecule has 1 N–H and O–H groups in total. The molecule has 0 aromatic heterocycles. The molecule has 1 heterocycles. The van der Waals surface area contributed by atoms with E-state index in [2.05, 4.69) is 43.3 Å². The third kappa shape index (κ3) is 4.62. The molecule has 30 heavy (non-hydrogen) atoms. The number of rotatable bonds is 5. The second-order valence-electron chi connectivity index (χ2n) is 7.87. The summed E-state index contributed by atoms with van der Waals surface area (Å²) in [5, 5.41) is 9.16. The number of hydrogen-bond donors (Lipinski definition) is 1. The normalized spacial score (nSPS) is 20.4. The fourth-order valence-corrected chi connectivity index (χ4v) is 4.50. The van der Waals surface area contributed by atoms with E-state index >= 15 is 0 Å². The smallest absolute Gasteiger partial charge is 0.248 e. The van der Waals surface area contributed by atoms with Gasteiger partial charge in [-0.1, -0.05) is 51.1 Å². The molecule has 0 saturated carbocycles. The minimum absolute atomic E-state index is 0.106. The predicted octanol–water partition coefficient (Wildman–Crippen LogP) is 3.82. The summed E-state index contributed by atoms with van der Waals surface area (Å²) in [5.41, 5.74) is 3.85. The second kappa shape index (κ2) is 9.98. The highest BCUT2D eigenvalue weighted by atomic mass is 16.5. The first kappa shape index (κ1) is 22.2. The van der Waals surface area contributed by atoms with Crippen LogP contribution in [0.5, 0.6) is 11.5 Å². The molecule has 4 rings (SSSR count). The van der Waals surface area contributed by atoms with Gasteiger partial charge in [0, 0.05) is 31.8 Å². The van der Waals surface area contributed by atoms with Crippen LogP contribution in [0.1, 0.15) is 43.4 Å². The molecule has 1 amide bonds. The summed E-state index contributed by atoms with van der Waals surface area (Å²) in [6.07, 6.45) is 1.92. The maximum Gasteiger partial charge on any atom is 0.248 e. The lowest BCUT2D eigenvalue weighted by molar-refractivity contribution is -0.133. The van der Waals surface area contributed by atoms with E-state index in [-0.39, 0.29) is 17.9 Å². The van der Waals surface area contributed by atoms with Crippen LogP contribution in [0.25, 0.3) is 0 Å². The standard InChI is InChI=1S/C23H27NO4.C2H6/c1-15-12-24(23(26)14-25)13-20(15)18-7-8-21(27-2)22(11-18)28-19-9-16-5-3-4-6-17(16)10-19;1-2/h3-8,11,15,19-20,25H,9-10,12-14H2,1-2H3;1-2H3/t15-,20+;/m0./s1. The number of likely N-dealkylation sites (tertiary alicyclic amines) is 1. The Morgan fingerprint density at radius 1 is 1.07 bits per heavy atom. The average molecular weight is 412 g/mol. The van der Waals surface area contributed by atoms with E-state index in [0.717, 1.165) is 29.9 Å². The molecule has 1 saturated heterocycles. The summed E-state index contributed by atoms with van der Waals surface area (Å²) >= 11 is 0. The van der Waals surface area contributed by atoms with Crippen LogP contribution in [-0.4, -0.2) is 48.8 Å². The number of ether oxygens (including phenoxy) is 2. The molecule has 2 aliphatic rings. The van der Waals surface area contributed by atoms with Crippen LogP contribution in [-0.2, 0) is 17.6 Å². The molecule has 0 unspecified atom stereocenters. The SMILES string of the molecule is CC.COc1ccc([C@@H]2CN(C(=O)CO)C[C@@H]2C)cc1OC1Cc2ccccc2C1. The highest BCUT2D eigenvalue weighted by Crippen LogP contribution is 2.38. The van der Waals surface area contributed by atoms with E-state index in [1.165, 1.54) is 11.1 Å². The highest BCUT2D eigenvalue weighted by Gasteiger charge is 2.33. The van der Waals surface area contributed by atoms with Gasteiger partial charge < -0.3 is 19.5 Å². The maximum atomic E-state index is 11.9. The van der Waals surface area contributed by atoms with Crippen molar-refractivity contribution >= 4 is 5.91 Å². The fraction of sp³-hybridized carbons (Fsp3) is 0.480. The van der Waals surface area contributed by atoms with Gasteiger partial charge in [-0.2, -0.15) is 0 Å². The van der Waals surface area contributed by atoms with Crippen molar-refractivity contribution in [2.75, 3.05) is 26.8 Å². The number of hydrogen-bond acceptors (Lipinski definition) is 4. The number of aliphatic hydroxyl groups excluding tert-OH is 1. The van der Waals surface area contributed by atoms with Crippen molar-refractivity contribution in [2.24, 2.45) is 5.92 Å². The van der Waals surface area contributed by atoms with Gasteiger partial charge in [0.1, 0.15) is 12.7 Å². The van der Waals surface area contributed by atoms with Gasteiger partial charge in [0.05, 0.1) is 7.11 Å². The lowest BCUT2D eigenvalue weighted by Crippen LogP contribution is -2.31. The molecule has 1 fully saturated rings. The Kier molecular flexibility index (Phi) is 7.38. The number of carbonyl (C=O) groups is 1. The summed E-state index contributed by atoms with van der Waals surface area (Å²) in [4.78, 5) is 13.6. The third-order valence-electron chi connectivity index (χ3n) is 6.02. The highest BCUT2D eigenvalue weighted by molar-refractivity contribution is 5.77. The minimum atomic E-state index is -0.432. The van der Waals surface area contributed by atoms with E-state index in [9.17, 15) is 4.79 Å². The molecule has 162 valence electrons. The number of fused-ring (bicyclic) bond motifs is 1. The van der Waals surface area contributed by atoms with Gasteiger partial charge in [0.25, 0.3) is 0 Å². The van der Waals surface area contributed by atoms with Gasteiger partial charge in [0.2, 0.25) is 5.91 Å². The lowest BCUT2D eigenvalue weighted by atomic mass is 9.90. The zero-order chi connectivity index (χ0) is 21.7. The average Bonchev–Trinajstić information content (AvgIpc) is 3.37. The summed E-state index contributed by atoms with van der Waals surface area (Å²) < 4.78 is 11.9. The Morgan fingerprint density at radius 3 is 2.33 bits per heavy atom. The molecule has 0 spiro atoms. The Labute approximate surface area is 179 Å². The number of carbonyl (C=O) groups excluding carboxylic acids is 1. The van der Waals surface area contributed by atoms with E-state index in [0.29, 0.717) is 19.0 Å². The summed E-state index contributed by atoms with van der Waals surface area (Å²) in [6, 6.07) is 14.6. The first-order valence-electron chi connectivity index (χ1n) is 10.9. The topological polar surface area (TPSA) is 59.0 Å². The Balaban J connectivity index is 0.00000124. The molecule has 5 heteroatoms. The first-order valence-corrected chi connectivity index (χ1v) is 10.9. The van der Waals surface area contributed by atoms with Crippen molar-refractivity contribution in [3.05, 3.63) is 59.2 Å². The van der Waals surface area contributed by atoms with Crippen LogP contribution in [0, 0.1) is 5.92 Å². The first-order chi connectivity index (χ1) is 14.6. The Morgan fingerprint density at radius 2 is 1.73 bits per heavy atom. The van der Waals surface area contributed by atoms with Crippen LogP contribution in [0.3, 0.4) is 0 Å². The number of methoxy groups -OCH3 is 1. The molecular weight excluding hydrogens is 378 g/mol. The van der Waals surface area contributed by atoms with Crippen molar-refractivity contribution in [1.29, 1.82) is 0 Å². The fourth-order valence-electron chi connectivity index (χ4n) is 4.50. The zero-order valence-corrected chi connectivity index (χ0v) is 18.4. The molecule has 0 radical (unpaired) electrons. The molecule has 1 aliphatic carbocycles. The second-order valence-corrected chi connectivity index (χ2v) is 7.87. The Bertz CT molecular complexity index is 841. The van der Waals surface area contributed by atoms with Crippen molar-refractivity contribution < 1.29 is 19.4 Å². The maximum absolute atomic E-state index is 11.9. The van der Waals surface area contributed by atoms with Gasteiger partial charge in [-0.15, -0.1) is 0 Å². The van der Waals surface area contributed by atoms with Crippen LogP contribution < -0.4 is 9.47 Å². The molecule has 2 atom stereocenters. The third-order valence-corrected chi connectivity index (χ3v) is 6.02. The number of amides is 1. The van der Waals surface area contributed by atoms with Crippen molar-refractivity contribution in [3.63, 3.8) is 0 Å². The summed E-state index contributed by atoms with van der Waals surface area (Å²) in [7, 11) is 1.66. The van der Waals surface area contributed by atoms with E-state index in [1.807, 2.05) is 19.9 Å². The largest absolute Gasteiger partial charge is 0.493 e. The van der Waals surface area contributed by atoms with Crippen LogP contribution in [0.2, 0.25) is 0 Å². The van der Waals surface area contributed by atoms with Gasteiger partial charge in [-0.25, -0.2) is 0 Å². The molecule has 2 aromatic carbocycles. The van der Waals surface area contributed by atoms with E-state index in [1.54, 1.807) is 12.0 Å². The monoisotopic (exact) mass is 411 g/mol. The van der Waals surface area contributed by atoms with Gasteiger partial charge in [-0.3, -0.25) is 4.79 Å². The molecule has 2 aromatic rings. The summed E-state index contributed by atoms with van der Waals surface area (Å²) in [5.74, 6) is 1.84. The van der Waals surface area contributed by atoms with Crippen molar-refractivity contribution in [1.82, 2.24) is 4.90 Å². The lowest BCUT2D eigenvalue weighted by Gasteiger charge is -2.20. The van der Waals surface area contributed by atoms with E-state index < -0.39 is 6.61 Å². The molecule has 5 nitrogen and oxygen atoms in total. The number of benzene rings is 2. The van der Waals surface area contributed by atoms with Crippen LogP contribution in [0.4, 0.5) is 0 Å².